The Hall–Kier alpha value is -1.51. The number of guanidine groups is 1. The number of likely N-dealkylation sites (N-methyl/N-ethyl adjacent to an activating group) is 1. The lowest BCUT2D eigenvalue weighted by atomic mass is 10.1. The maximum absolute atomic E-state index is 12.0. The molecular formula is C19H33IN4O2. The molecule has 0 heterocycles. The number of aryl methyl sites for hydroxylation is 1. The Kier molecular flexibility index (Phi) is 10.6. The largest absolute Gasteiger partial charge is 0.496 e. The Morgan fingerprint density at radius 1 is 1.31 bits per heavy atom. The number of rotatable bonds is 6. The van der Waals surface area contributed by atoms with E-state index in [2.05, 4.69) is 33.8 Å². The molecule has 148 valence electrons. The van der Waals surface area contributed by atoms with Gasteiger partial charge in [-0.1, -0.05) is 12.1 Å². The Balaban J connectivity index is 0.00000625. The molecule has 1 amide bonds. The van der Waals surface area contributed by atoms with Crippen LogP contribution in [0.1, 0.15) is 31.9 Å². The summed E-state index contributed by atoms with van der Waals surface area (Å²) in [4.78, 5) is 18.1. The van der Waals surface area contributed by atoms with Crippen molar-refractivity contribution in [1.82, 2.24) is 15.5 Å². The van der Waals surface area contributed by atoms with Crippen LogP contribution in [-0.4, -0.2) is 56.6 Å². The summed E-state index contributed by atoms with van der Waals surface area (Å²) in [7, 11) is 5.26. The van der Waals surface area contributed by atoms with E-state index in [-0.39, 0.29) is 42.0 Å². The number of ether oxygens (including phenoxy) is 1. The van der Waals surface area contributed by atoms with Gasteiger partial charge in [-0.25, -0.2) is 0 Å². The molecule has 26 heavy (non-hydrogen) atoms. The number of hydrogen-bond donors (Lipinski definition) is 2. The lowest BCUT2D eigenvalue weighted by molar-refractivity contribution is -0.122. The number of carbonyl (C=O) groups is 1. The molecule has 1 aromatic rings. The minimum absolute atomic E-state index is 0. The van der Waals surface area contributed by atoms with Crippen LogP contribution in [0.4, 0.5) is 0 Å². The molecule has 0 atom stereocenters. The second-order valence-electron chi connectivity index (χ2n) is 7.18. The third kappa shape index (κ3) is 8.73. The van der Waals surface area contributed by atoms with Crippen LogP contribution in [0.5, 0.6) is 5.75 Å². The number of nitrogens with one attached hydrogen (secondary N) is 2. The van der Waals surface area contributed by atoms with Gasteiger partial charge in [0.25, 0.3) is 0 Å². The molecule has 0 saturated carbocycles. The Bertz CT molecular complexity index is 612. The van der Waals surface area contributed by atoms with Crippen LogP contribution in [0.25, 0.3) is 0 Å². The SMILES string of the molecule is CN=C(NCCc1ccc(C)c(OC)c1)N(C)CC(=O)NC(C)(C)C.I. The van der Waals surface area contributed by atoms with Gasteiger partial charge in [0.15, 0.2) is 5.96 Å². The van der Waals surface area contributed by atoms with Gasteiger partial charge in [0.1, 0.15) is 5.75 Å². The van der Waals surface area contributed by atoms with Crippen LogP contribution in [0.3, 0.4) is 0 Å². The van der Waals surface area contributed by atoms with E-state index in [4.69, 9.17) is 4.74 Å². The van der Waals surface area contributed by atoms with Crippen molar-refractivity contribution < 1.29 is 9.53 Å². The molecule has 0 fully saturated rings. The topological polar surface area (TPSA) is 66.0 Å². The minimum Gasteiger partial charge on any atom is -0.496 e. The average Bonchev–Trinajstić information content (AvgIpc) is 2.50. The lowest BCUT2D eigenvalue weighted by Crippen LogP contribution is -2.49. The quantitative estimate of drug-likeness (QED) is 0.377. The van der Waals surface area contributed by atoms with E-state index < -0.39 is 0 Å². The molecule has 0 aliphatic carbocycles. The van der Waals surface area contributed by atoms with Gasteiger partial charge in [-0.05, 0) is 51.3 Å². The van der Waals surface area contributed by atoms with Crippen molar-refractivity contribution in [3.63, 3.8) is 0 Å². The van der Waals surface area contributed by atoms with Gasteiger partial charge in [-0.15, -0.1) is 24.0 Å². The van der Waals surface area contributed by atoms with Crippen molar-refractivity contribution in [2.24, 2.45) is 4.99 Å². The molecule has 2 N–H and O–H groups in total. The zero-order chi connectivity index (χ0) is 19.0. The fraction of sp³-hybridized carbons (Fsp3) is 0.579. The second-order valence-corrected chi connectivity index (χ2v) is 7.18. The summed E-state index contributed by atoms with van der Waals surface area (Å²) in [5, 5.41) is 6.24. The molecule has 0 unspecified atom stereocenters. The Morgan fingerprint density at radius 3 is 2.50 bits per heavy atom. The Labute approximate surface area is 174 Å². The van der Waals surface area contributed by atoms with Crippen molar-refractivity contribution in [2.75, 3.05) is 34.3 Å². The minimum atomic E-state index is -0.237. The van der Waals surface area contributed by atoms with Crippen molar-refractivity contribution in [3.05, 3.63) is 29.3 Å². The monoisotopic (exact) mass is 476 g/mol. The fourth-order valence-electron chi connectivity index (χ4n) is 2.47. The van der Waals surface area contributed by atoms with Crippen LogP contribution in [0.2, 0.25) is 0 Å². The number of benzene rings is 1. The number of aliphatic imine (C=N–C) groups is 1. The first kappa shape index (κ1) is 24.5. The summed E-state index contributed by atoms with van der Waals surface area (Å²) in [6.07, 6.45) is 0.845. The number of hydrogen-bond acceptors (Lipinski definition) is 3. The van der Waals surface area contributed by atoms with E-state index in [0.29, 0.717) is 5.96 Å². The van der Waals surface area contributed by atoms with Crippen LogP contribution in [0, 0.1) is 6.92 Å². The maximum atomic E-state index is 12.0. The van der Waals surface area contributed by atoms with Crippen molar-refractivity contribution >= 4 is 35.8 Å². The summed E-state index contributed by atoms with van der Waals surface area (Å²) in [5.74, 6) is 1.57. The summed E-state index contributed by atoms with van der Waals surface area (Å²) in [6, 6.07) is 6.22. The molecule has 0 spiro atoms. The predicted octanol–water partition coefficient (Wildman–Crippen LogP) is 2.59. The fourth-order valence-corrected chi connectivity index (χ4v) is 2.47. The molecule has 0 aromatic heterocycles. The van der Waals surface area contributed by atoms with Gasteiger partial charge < -0.3 is 20.3 Å². The highest BCUT2D eigenvalue weighted by molar-refractivity contribution is 14.0. The summed E-state index contributed by atoms with van der Waals surface area (Å²) in [6.45, 7) is 8.91. The highest BCUT2D eigenvalue weighted by Gasteiger charge is 2.16. The van der Waals surface area contributed by atoms with Gasteiger partial charge in [0.2, 0.25) is 5.91 Å². The van der Waals surface area contributed by atoms with Crippen LogP contribution in [0.15, 0.2) is 23.2 Å². The first-order valence-electron chi connectivity index (χ1n) is 8.52. The van der Waals surface area contributed by atoms with Crippen molar-refractivity contribution in [3.8, 4) is 5.75 Å². The third-order valence-corrected chi connectivity index (χ3v) is 3.64. The van der Waals surface area contributed by atoms with Crippen LogP contribution < -0.4 is 15.4 Å². The molecule has 0 aliphatic rings. The molecular weight excluding hydrogens is 443 g/mol. The highest BCUT2D eigenvalue weighted by atomic mass is 127. The third-order valence-electron chi connectivity index (χ3n) is 3.64. The van der Waals surface area contributed by atoms with Crippen molar-refractivity contribution in [2.45, 2.75) is 39.7 Å². The number of nitrogens with zero attached hydrogens (tertiary/aromatic N) is 2. The first-order chi connectivity index (χ1) is 11.7. The van der Waals surface area contributed by atoms with E-state index in [1.54, 1.807) is 14.2 Å². The highest BCUT2D eigenvalue weighted by Crippen LogP contribution is 2.18. The van der Waals surface area contributed by atoms with E-state index in [1.807, 2.05) is 39.6 Å². The molecule has 6 nitrogen and oxygen atoms in total. The van der Waals surface area contributed by atoms with Gasteiger partial charge in [-0.2, -0.15) is 0 Å². The zero-order valence-electron chi connectivity index (χ0n) is 17.0. The normalized spacial score (nSPS) is 11.4. The molecule has 0 aliphatic heterocycles. The molecule has 1 rings (SSSR count). The molecule has 0 radical (unpaired) electrons. The van der Waals surface area contributed by atoms with Gasteiger partial charge >= 0.3 is 0 Å². The number of amides is 1. The van der Waals surface area contributed by atoms with Gasteiger partial charge in [-0.3, -0.25) is 9.79 Å². The Morgan fingerprint density at radius 2 is 1.96 bits per heavy atom. The van der Waals surface area contributed by atoms with Gasteiger partial charge in [0.05, 0.1) is 13.7 Å². The van der Waals surface area contributed by atoms with Gasteiger partial charge in [0, 0.05) is 26.2 Å². The standard InChI is InChI=1S/C19H32N4O2.HI/c1-14-8-9-15(12-16(14)25-7)10-11-21-18(20-5)23(6)13-17(24)22-19(2,3)4;/h8-9,12H,10-11,13H2,1-7H3,(H,20,21)(H,22,24);1H. The number of methoxy groups -OCH3 is 1. The van der Waals surface area contributed by atoms with E-state index in [1.165, 1.54) is 5.56 Å². The molecule has 0 saturated heterocycles. The number of carbonyl (C=O) groups excluding carboxylic acids is 1. The second kappa shape index (κ2) is 11.3. The van der Waals surface area contributed by atoms with E-state index >= 15 is 0 Å². The molecule has 7 heteroatoms. The van der Waals surface area contributed by atoms with E-state index in [0.717, 1.165) is 24.3 Å². The first-order valence-corrected chi connectivity index (χ1v) is 8.52. The summed E-state index contributed by atoms with van der Waals surface area (Å²) < 4.78 is 5.36. The summed E-state index contributed by atoms with van der Waals surface area (Å²) >= 11 is 0. The lowest BCUT2D eigenvalue weighted by Gasteiger charge is -2.25. The molecule has 1 aromatic carbocycles. The maximum Gasteiger partial charge on any atom is 0.240 e. The van der Waals surface area contributed by atoms with E-state index in [9.17, 15) is 4.79 Å². The van der Waals surface area contributed by atoms with Crippen molar-refractivity contribution in [1.29, 1.82) is 0 Å². The molecule has 0 bridgehead atoms. The number of halogens is 1. The summed E-state index contributed by atoms with van der Waals surface area (Å²) in [5.41, 5.74) is 2.08. The zero-order valence-corrected chi connectivity index (χ0v) is 19.3. The average molecular weight is 476 g/mol. The van der Waals surface area contributed by atoms with Crippen LogP contribution in [-0.2, 0) is 11.2 Å². The van der Waals surface area contributed by atoms with Crippen LogP contribution >= 0.6 is 24.0 Å². The predicted molar refractivity (Wildman–Crippen MR) is 119 cm³/mol. The smallest absolute Gasteiger partial charge is 0.240 e.